The molecule has 0 amide bonds. The highest BCUT2D eigenvalue weighted by Crippen LogP contribution is 2.03. The quantitative estimate of drug-likeness (QED) is 0.218. The molecule has 0 radical (unpaired) electrons. The summed E-state index contributed by atoms with van der Waals surface area (Å²) in [5.41, 5.74) is 2.00. The second-order valence-corrected chi connectivity index (χ2v) is 2.39. The summed E-state index contributed by atoms with van der Waals surface area (Å²) in [4.78, 5) is 0. The van der Waals surface area contributed by atoms with Crippen LogP contribution in [0, 0.1) is 0 Å². The van der Waals surface area contributed by atoms with Crippen LogP contribution in [0.15, 0.2) is 4.40 Å². The molecule has 66 valence electrons. The van der Waals surface area contributed by atoms with Gasteiger partial charge in [-0.15, -0.1) is 0 Å². The Bertz CT molecular complexity index is 131. The summed E-state index contributed by atoms with van der Waals surface area (Å²) in [6.45, 7) is 1.71. The van der Waals surface area contributed by atoms with Gasteiger partial charge in [0.25, 0.3) is 0 Å². The number of methoxy groups -OCH3 is 1. The van der Waals surface area contributed by atoms with E-state index in [0.29, 0.717) is 5.90 Å². The minimum atomic E-state index is -0.331. The van der Waals surface area contributed by atoms with Crippen molar-refractivity contribution in [1.29, 1.82) is 0 Å². The first kappa shape index (κ1) is 10.7. The third-order valence-electron chi connectivity index (χ3n) is 0.975. The van der Waals surface area contributed by atoms with Crippen molar-refractivity contribution in [1.82, 2.24) is 5.48 Å². The highest BCUT2D eigenvalue weighted by molar-refractivity contribution is 7.93. The largest absolute Gasteiger partial charge is 0.482 e. The van der Waals surface area contributed by atoms with E-state index in [4.69, 9.17) is 9.94 Å². The van der Waals surface area contributed by atoms with E-state index in [2.05, 4.69) is 8.58 Å². The second-order valence-electron chi connectivity index (χ2n) is 1.73. The summed E-state index contributed by atoms with van der Waals surface area (Å²) in [7, 11) is 2.97. The number of nitrogens with zero attached hydrogens (tertiary/aromatic N) is 1. The normalized spacial score (nSPS) is 14.7. The summed E-state index contributed by atoms with van der Waals surface area (Å²) >= 11 is 0.896. The van der Waals surface area contributed by atoms with Crippen LogP contribution < -0.4 is 5.48 Å². The van der Waals surface area contributed by atoms with Crippen molar-refractivity contribution in [2.75, 3.05) is 14.2 Å². The Labute approximate surface area is 70.1 Å². The molecular weight excluding hydrogens is 168 g/mol. The number of hydrogen-bond donors (Lipinski definition) is 2. The summed E-state index contributed by atoms with van der Waals surface area (Å²) in [5.74, 6) is 0.374. The molecule has 0 aromatic carbocycles. The van der Waals surface area contributed by atoms with E-state index >= 15 is 0 Å². The molecule has 2 N–H and O–H groups in total. The molecular formula is C5H12N2O3S. The van der Waals surface area contributed by atoms with Gasteiger partial charge < -0.3 is 9.94 Å². The van der Waals surface area contributed by atoms with E-state index in [1.165, 1.54) is 14.2 Å². The van der Waals surface area contributed by atoms with Crippen LogP contribution in [0.25, 0.3) is 0 Å². The molecule has 5 nitrogen and oxygen atoms in total. The molecule has 0 rings (SSSR count). The van der Waals surface area contributed by atoms with Crippen LogP contribution in [-0.4, -0.2) is 31.4 Å². The molecule has 0 bridgehead atoms. The monoisotopic (exact) mass is 180 g/mol. The fraction of sp³-hybridized carbons (Fsp3) is 0.800. The Kier molecular flexibility index (Phi) is 6.24. The van der Waals surface area contributed by atoms with E-state index in [0.717, 1.165) is 12.2 Å². The maximum absolute atomic E-state index is 8.47. The smallest absolute Gasteiger partial charge is 0.216 e. The van der Waals surface area contributed by atoms with E-state index in [-0.39, 0.29) is 6.04 Å². The first-order chi connectivity index (χ1) is 5.26. The van der Waals surface area contributed by atoms with Crippen LogP contribution in [0.2, 0.25) is 0 Å². The lowest BCUT2D eigenvalue weighted by atomic mass is 10.4. The molecule has 0 spiro atoms. The van der Waals surface area contributed by atoms with Crippen LogP contribution >= 0.6 is 12.2 Å². The molecule has 0 aromatic heterocycles. The van der Waals surface area contributed by atoms with E-state index in [9.17, 15) is 0 Å². The van der Waals surface area contributed by atoms with Crippen LogP contribution in [-0.2, 0) is 8.92 Å². The third-order valence-corrected chi connectivity index (χ3v) is 1.38. The molecule has 0 aromatic rings. The number of rotatable bonds is 4. The van der Waals surface area contributed by atoms with Gasteiger partial charge >= 0.3 is 0 Å². The van der Waals surface area contributed by atoms with Crippen molar-refractivity contribution >= 4 is 18.1 Å². The van der Waals surface area contributed by atoms with Crippen molar-refractivity contribution in [2.45, 2.75) is 13.0 Å². The van der Waals surface area contributed by atoms with Gasteiger partial charge in [0.15, 0.2) is 0 Å². The predicted molar refractivity (Wildman–Crippen MR) is 43.4 cm³/mol. The van der Waals surface area contributed by atoms with Gasteiger partial charge in [-0.1, -0.05) is 0 Å². The zero-order chi connectivity index (χ0) is 8.69. The molecule has 0 heterocycles. The average Bonchev–Trinajstić information content (AvgIpc) is 2.05. The lowest BCUT2D eigenvalue weighted by Gasteiger charge is -2.09. The van der Waals surface area contributed by atoms with Gasteiger partial charge in [-0.3, -0.25) is 4.18 Å². The predicted octanol–water partition coefficient (Wildman–Crippen LogP) is 0.608. The average molecular weight is 180 g/mol. The van der Waals surface area contributed by atoms with Gasteiger partial charge in [0.1, 0.15) is 18.3 Å². The summed E-state index contributed by atoms with van der Waals surface area (Å²) < 4.78 is 13.2. The standard InChI is InChI=1S/C5H12N2O3S/c1-4(6-8)5(9-2)7-11-10-3/h4,6,8H,1-3H3/b7-5-. The van der Waals surface area contributed by atoms with Crippen molar-refractivity contribution in [3.05, 3.63) is 0 Å². The van der Waals surface area contributed by atoms with Crippen LogP contribution in [0.5, 0.6) is 0 Å². The number of hydroxylamine groups is 1. The number of nitrogens with one attached hydrogen (secondary N) is 1. The molecule has 6 heteroatoms. The van der Waals surface area contributed by atoms with Gasteiger partial charge in [-0.05, 0) is 6.92 Å². The minimum Gasteiger partial charge on any atom is -0.482 e. The topological polar surface area (TPSA) is 63.1 Å². The van der Waals surface area contributed by atoms with Gasteiger partial charge in [-0.25, -0.2) is 0 Å². The van der Waals surface area contributed by atoms with E-state index in [1.807, 2.05) is 5.48 Å². The van der Waals surface area contributed by atoms with Crippen LogP contribution in [0.4, 0.5) is 0 Å². The Morgan fingerprint density at radius 1 is 1.64 bits per heavy atom. The van der Waals surface area contributed by atoms with Crippen molar-refractivity contribution in [3.63, 3.8) is 0 Å². The van der Waals surface area contributed by atoms with Crippen LogP contribution in [0.3, 0.4) is 0 Å². The SMILES string of the molecule is COS/N=C(\OC)C(C)NO. The molecule has 1 atom stereocenters. The maximum Gasteiger partial charge on any atom is 0.216 e. The van der Waals surface area contributed by atoms with Gasteiger partial charge in [0.2, 0.25) is 5.90 Å². The molecule has 0 aliphatic carbocycles. The van der Waals surface area contributed by atoms with Gasteiger partial charge in [0.05, 0.1) is 14.2 Å². The number of ether oxygens (including phenoxy) is 1. The van der Waals surface area contributed by atoms with E-state index in [1.54, 1.807) is 6.92 Å². The fourth-order valence-electron chi connectivity index (χ4n) is 0.422. The fourth-order valence-corrected chi connectivity index (χ4v) is 0.803. The van der Waals surface area contributed by atoms with Gasteiger partial charge in [-0.2, -0.15) is 9.88 Å². The highest BCUT2D eigenvalue weighted by atomic mass is 32.2. The van der Waals surface area contributed by atoms with Crippen molar-refractivity contribution in [2.24, 2.45) is 4.40 Å². The maximum atomic E-state index is 8.47. The molecule has 0 aliphatic heterocycles. The first-order valence-electron chi connectivity index (χ1n) is 2.97. The minimum absolute atomic E-state index is 0.331. The lowest BCUT2D eigenvalue weighted by Crippen LogP contribution is -2.32. The molecule has 0 saturated carbocycles. The Hall–Kier alpha value is -0.300. The zero-order valence-corrected chi connectivity index (χ0v) is 7.51. The van der Waals surface area contributed by atoms with Gasteiger partial charge in [0, 0.05) is 0 Å². The first-order valence-corrected chi connectivity index (χ1v) is 3.67. The molecule has 0 saturated heterocycles. The highest BCUT2D eigenvalue weighted by Gasteiger charge is 2.08. The molecule has 1 unspecified atom stereocenters. The van der Waals surface area contributed by atoms with E-state index < -0.39 is 0 Å². The Balaban J connectivity index is 3.91. The lowest BCUT2D eigenvalue weighted by molar-refractivity contribution is 0.146. The summed E-state index contributed by atoms with van der Waals surface area (Å²) in [6, 6.07) is -0.331. The van der Waals surface area contributed by atoms with Crippen LogP contribution in [0.1, 0.15) is 6.92 Å². The second kappa shape index (κ2) is 6.41. The number of hydrogen-bond acceptors (Lipinski definition) is 6. The Morgan fingerprint density at radius 2 is 2.27 bits per heavy atom. The third kappa shape index (κ3) is 4.20. The zero-order valence-electron chi connectivity index (χ0n) is 6.70. The molecule has 11 heavy (non-hydrogen) atoms. The van der Waals surface area contributed by atoms with Crippen molar-refractivity contribution in [3.8, 4) is 0 Å². The summed E-state index contributed by atoms with van der Waals surface area (Å²) in [6.07, 6.45) is 0. The Morgan fingerprint density at radius 3 is 2.64 bits per heavy atom. The molecule has 0 aliphatic rings. The summed E-state index contributed by atoms with van der Waals surface area (Å²) in [5, 5.41) is 8.47. The van der Waals surface area contributed by atoms with Crippen molar-refractivity contribution < 1.29 is 14.1 Å². The molecule has 0 fully saturated rings.